The Morgan fingerprint density at radius 3 is 2.16 bits per heavy atom. The van der Waals surface area contributed by atoms with E-state index in [0.717, 1.165) is 17.0 Å². The molecule has 7 nitrogen and oxygen atoms in total. The summed E-state index contributed by atoms with van der Waals surface area (Å²) in [6.07, 6.45) is 0.951. The zero-order valence-corrected chi connectivity index (χ0v) is 15.9. The van der Waals surface area contributed by atoms with E-state index in [1.54, 1.807) is 0 Å². The van der Waals surface area contributed by atoms with Gasteiger partial charge in [-0.2, -0.15) is 4.58 Å². The van der Waals surface area contributed by atoms with Crippen molar-refractivity contribution in [1.29, 1.82) is 0 Å². The lowest BCUT2D eigenvalue weighted by molar-refractivity contribution is -0.438. The number of hydrogen-bond donors (Lipinski definition) is 0. The van der Waals surface area contributed by atoms with Gasteiger partial charge in [0.05, 0.1) is 25.7 Å². The van der Waals surface area contributed by atoms with Crippen LogP contribution < -0.4 is 0 Å². The highest BCUT2D eigenvalue weighted by molar-refractivity contribution is 7.85. The fourth-order valence-electron chi connectivity index (χ4n) is 3.45. The van der Waals surface area contributed by atoms with Crippen molar-refractivity contribution in [1.82, 2.24) is 0 Å². The lowest BCUT2D eigenvalue weighted by Crippen LogP contribution is -2.31. The molecule has 0 saturated carbocycles. The normalized spacial score (nSPS) is 20.8. The van der Waals surface area contributed by atoms with E-state index in [1.165, 1.54) is 0 Å². The number of benzene rings is 1. The average molecular weight is 388 g/mol. The molecular weight excluding hydrogens is 366 g/mol. The highest BCUT2D eigenvalue weighted by Gasteiger charge is 2.45. The number of fused-ring (bicyclic) bond motifs is 1. The first-order valence-electron chi connectivity index (χ1n) is 8.02. The predicted octanol–water partition coefficient (Wildman–Crippen LogP) is 1.32. The summed E-state index contributed by atoms with van der Waals surface area (Å²) in [6, 6.07) is 7.63. The smallest absolute Gasteiger partial charge is 0.209 e. The molecule has 1 unspecified atom stereocenters. The fourth-order valence-corrected chi connectivity index (χ4v) is 4.44. The van der Waals surface area contributed by atoms with Gasteiger partial charge in [0, 0.05) is 36.5 Å². The zero-order chi connectivity index (χ0) is 18.9. The molecule has 1 atom stereocenters. The van der Waals surface area contributed by atoms with E-state index >= 15 is 0 Å². The van der Waals surface area contributed by atoms with Crippen molar-refractivity contribution in [3.63, 3.8) is 0 Å². The van der Waals surface area contributed by atoms with Crippen molar-refractivity contribution in [2.24, 2.45) is 0 Å². The molecule has 1 aromatic carbocycles. The van der Waals surface area contributed by atoms with Crippen LogP contribution in [0, 0.1) is 0 Å². The molecule has 0 spiro atoms. The molecule has 0 fully saturated rings. The van der Waals surface area contributed by atoms with Crippen molar-refractivity contribution in [3.05, 3.63) is 29.8 Å². The second-order valence-corrected chi connectivity index (χ2v) is 9.61. The van der Waals surface area contributed by atoms with E-state index in [2.05, 4.69) is 0 Å². The van der Waals surface area contributed by atoms with Gasteiger partial charge >= 0.3 is 0 Å². The Balaban J connectivity index is 2.27. The lowest BCUT2D eigenvalue weighted by atomic mass is 9.76. The van der Waals surface area contributed by atoms with Gasteiger partial charge in [-0.3, -0.25) is 0 Å². The summed E-state index contributed by atoms with van der Waals surface area (Å²) in [7, 11) is -8.51. The van der Waals surface area contributed by atoms with E-state index in [4.69, 9.17) is 0 Å². The Morgan fingerprint density at radius 1 is 1.00 bits per heavy atom. The Labute approximate surface area is 148 Å². The molecule has 2 rings (SSSR count). The summed E-state index contributed by atoms with van der Waals surface area (Å²) >= 11 is 0. The molecule has 1 aromatic rings. The minimum absolute atomic E-state index is 0.211. The van der Waals surface area contributed by atoms with Gasteiger partial charge in [0.15, 0.2) is 5.71 Å². The van der Waals surface area contributed by atoms with Gasteiger partial charge in [0.1, 0.15) is 6.54 Å². The van der Waals surface area contributed by atoms with Gasteiger partial charge in [-0.05, 0) is 19.8 Å². The Hall–Kier alpha value is -1.29. The van der Waals surface area contributed by atoms with E-state index in [9.17, 15) is 25.9 Å². The van der Waals surface area contributed by atoms with Crippen LogP contribution in [-0.4, -0.2) is 54.3 Å². The summed E-state index contributed by atoms with van der Waals surface area (Å²) in [6.45, 7) is 4.29. The molecule has 1 heterocycles. The van der Waals surface area contributed by atoms with Crippen molar-refractivity contribution in [2.75, 3.05) is 18.1 Å². The van der Waals surface area contributed by atoms with Crippen LogP contribution in [-0.2, 0) is 25.7 Å². The molecule has 0 aliphatic carbocycles. The fraction of sp³-hybridized carbons (Fsp3) is 0.562. The summed E-state index contributed by atoms with van der Waals surface area (Å²) < 4.78 is 67.1. The predicted molar refractivity (Wildman–Crippen MR) is 92.2 cm³/mol. The largest absolute Gasteiger partial charge is 0.748 e. The molecule has 0 radical (unpaired) electrons. The van der Waals surface area contributed by atoms with E-state index in [0.29, 0.717) is 13.0 Å². The van der Waals surface area contributed by atoms with Crippen molar-refractivity contribution in [2.45, 2.75) is 38.5 Å². The van der Waals surface area contributed by atoms with Crippen molar-refractivity contribution >= 4 is 31.6 Å². The van der Waals surface area contributed by atoms with Crippen LogP contribution >= 0.6 is 0 Å². The second-order valence-electron chi connectivity index (χ2n) is 6.57. The molecule has 0 aromatic heterocycles. The van der Waals surface area contributed by atoms with Crippen LogP contribution in [0.25, 0.3) is 0 Å². The molecular formula is C16H22NO6S2-. The summed E-state index contributed by atoms with van der Waals surface area (Å²) in [5.41, 5.74) is 2.47. The van der Waals surface area contributed by atoms with Gasteiger partial charge in [0.2, 0.25) is 5.69 Å². The third-order valence-corrected chi connectivity index (χ3v) is 6.42. The molecule has 0 N–H and O–H groups in total. The number of nitrogens with zero attached hydrogens (tertiary/aromatic N) is 1. The van der Waals surface area contributed by atoms with Gasteiger partial charge < -0.3 is 9.11 Å². The first kappa shape index (κ1) is 20.0. The van der Waals surface area contributed by atoms with Gasteiger partial charge in [0.25, 0.3) is 0 Å². The first-order chi connectivity index (χ1) is 11.4. The van der Waals surface area contributed by atoms with E-state index in [-0.39, 0.29) is 12.8 Å². The monoisotopic (exact) mass is 388 g/mol. The Morgan fingerprint density at radius 2 is 1.56 bits per heavy atom. The number of rotatable bonds is 8. The minimum Gasteiger partial charge on any atom is -0.748 e. The van der Waals surface area contributed by atoms with Crippen LogP contribution in [0.2, 0.25) is 0 Å². The molecule has 1 aliphatic rings. The highest BCUT2D eigenvalue weighted by atomic mass is 32.2. The van der Waals surface area contributed by atoms with E-state index < -0.39 is 37.2 Å². The SMILES string of the molecule is CC1=[N+](CCCS(=O)(=O)[O-])c2ccccc2C1(C)CCCS(=O)(=O)[O-]. The number of para-hydroxylation sites is 1. The topological polar surface area (TPSA) is 117 Å². The maximum atomic E-state index is 10.9. The zero-order valence-electron chi connectivity index (χ0n) is 14.3. The minimum atomic E-state index is -4.26. The quantitative estimate of drug-likeness (QED) is 0.490. The molecule has 9 heteroatoms. The average Bonchev–Trinajstić information content (AvgIpc) is 2.67. The third-order valence-electron chi connectivity index (χ3n) is 4.84. The third kappa shape index (κ3) is 4.87. The Kier molecular flexibility index (Phi) is 5.72. The molecule has 140 valence electrons. The highest BCUT2D eigenvalue weighted by Crippen LogP contribution is 2.42. The summed E-state index contributed by atoms with van der Waals surface area (Å²) in [5, 5.41) is 0. The second kappa shape index (κ2) is 7.14. The molecule has 0 saturated heterocycles. The van der Waals surface area contributed by atoms with E-state index in [1.807, 2.05) is 42.7 Å². The van der Waals surface area contributed by atoms with Crippen LogP contribution in [0.1, 0.15) is 38.7 Å². The van der Waals surface area contributed by atoms with Crippen LogP contribution in [0.4, 0.5) is 5.69 Å². The van der Waals surface area contributed by atoms with Crippen LogP contribution in [0.5, 0.6) is 0 Å². The van der Waals surface area contributed by atoms with Crippen molar-refractivity contribution < 1.29 is 30.5 Å². The molecule has 1 aliphatic heterocycles. The maximum absolute atomic E-state index is 10.9. The van der Waals surface area contributed by atoms with Crippen molar-refractivity contribution in [3.8, 4) is 0 Å². The van der Waals surface area contributed by atoms with Gasteiger partial charge in [-0.1, -0.05) is 18.2 Å². The van der Waals surface area contributed by atoms with Gasteiger partial charge in [-0.15, -0.1) is 0 Å². The van der Waals surface area contributed by atoms with Crippen LogP contribution in [0.15, 0.2) is 24.3 Å². The lowest BCUT2D eigenvalue weighted by Gasteiger charge is -2.22. The Bertz CT molecular complexity index is 889. The standard InChI is InChI=1S/C16H23NO6S2/c1-13-16(2,9-5-11-24(18,19)20)14-7-3-4-8-15(14)17(13)10-6-12-25(21,22)23/h3-4,7-8H,5-6,9-12H2,1-2H3,(H-,18,19,20,21,22,23)/p-1. The summed E-state index contributed by atoms with van der Waals surface area (Å²) in [5.74, 6) is -0.837. The van der Waals surface area contributed by atoms with Gasteiger partial charge in [-0.25, -0.2) is 16.8 Å². The molecule has 0 bridgehead atoms. The summed E-state index contributed by atoms with van der Waals surface area (Å²) in [4.78, 5) is 0. The molecule has 0 amide bonds. The maximum Gasteiger partial charge on any atom is 0.209 e. The van der Waals surface area contributed by atoms with Crippen LogP contribution in [0.3, 0.4) is 0 Å². The first-order valence-corrected chi connectivity index (χ1v) is 11.2. The molecule has 25 heavy (non-hydrogen) atoms. The number of hydrogen-bond acceptors (Lipinski definition) is 6.